The summed E-state index contributed by atoms with van der Waals surface area (Å²) in [6.07, 6.45) is -4.57. The van der Waals surface area contributed by atoms with Crippen molar-refractivity contribution in [2.45, 2.75) is 13.1 Å². The number of hydrogen-bond donors (Lipinski definition) is 0. The molecule has 8 aromatic rings. The molecule has 0 amide bonds. The number of alkyl halides is 3. The second kappa shape index (κ2) is 10.7. The van der Waals surface area contributed by atoms with Crippen LogP contribution in [-0.4, -0.2) is 23.4 Å². The van der Waals surface area contributed by atoms with Gasteiger partial charge in [0.15, 0.2) is 0 Å². The van der Waals surface area contributed by atoms with E-state index in [1.165, 1.54) is 6.07 Å². The average molecular weight is 627 g/mol. The Balaban J connectivity index is 1.40. The quantitative estimate of drug-likeness (QED) is 0.190. The Kier molecular flexibility index (Phi) is 6.55. The van der Waals surface area contributed by atoms with E-state index in [1.54, 1.807) is 26.4 Å². The van der Waals surface area contributed by atoms with Gasteiger partial charge in [0, 0.05) is 45.1 Å². The summed E-state index contributed by atoms with van der Waals surface area (Å²) in [6.45, 7) is 1.85. The molecule has 0 aliphatic rings. The molecule has 2 heterocycles. The molecule has 0 bridgehead atoms. The number of methoxy groups -OCH3 is 2. The third-order valence-electron chi connectivity index (χ3n) is 9.10. The fourth-order valence-electron chi connectivity index (χ4n) is 6.89. The summed E-state index contributed by atoms with van der Waals surface area (Å²) in [4.78, 5) is 0. The molecule has 0 aliphatic heterocycles. The SMILES string of the molecule is COc1ccc2c3ccccc3n(-c3ccc(C)c(-c4cc(-n5c6ccccc6c6ccc(OC)cc65)ccc4C(F)(F)F)c3)c2c1. The minimum absolute atomic E-state index is 0.113. The lowest BCUT2D eigenvalue weighted by molar-refractivity contribution is -0.137. The predicted molar refractivity (Wildman–Crippen MR) is 183 cm³/mol. The van der Waals surface area contributed by atoms with Crippen LogP contribution in [0.5, 0.6) is 11.5 Å². The number of benzene rings is 6. The summed E-state index contributed by atoms with van der Waals surface area (Å²) in [5, 5.41) is 4.07. The number of ether oxygens (including phenoxy) is 2. The van der Waals surface area contributed by atoms with Gasteiger partial charge < -0.3 is 18.6 Å². The number of hydrogen-bond acceptors (Lipinski definition) is 2. The Morgan fingerprint density at radius 1 is 0.489 bits per heavy atom. The zero-order valence-corrected chi connectivity index (χ0v) is 25.9. The first-order valence-electron chi connectivity index (χ1n) is 15.2. The lowest BCUT2D eigenvalue weighted by atomic mass is 9.94. The van der Waals surface area contributed by atoms with Crippen LogP contribution >= 0.6 is 0 Å². The van der Waals surface area contributed by atoms with Crippen LogP contribution in [0.3, 0.4) is 0 Å². The van der Waals surface area contributed by atoms with Crippen molar-refractivity contribution in [3.8, 4) is 34.0 Å². The summed E-state index contributed by atoms with van der Waals surface area (Å²) in [5.41, 5.74) is 5.64. The number of halogens is 3. The maximum atomic E-state index is 14.8. The van der Waals surface area contributed by atoms with E-state index in [0.717, 1.165) is 54.9 Å². The molecule has 0 unspecified atom stereocenters. The highest BCUT2D eigenvalue weighted by molar-refractivity contribution is 6.10. The van der Waals surface area contributed by atoms with E-state index in [4.69, 9.17) is 9.47 Å². The molecule has 0 fully saturated rings. The third kappa shape index (κ3) is 4.53. The molecule has 0 saturated carbocycles. The van der Waals surface area contributed by atoms with E-state index in [-0.39, 0.29) is 5.56 Å². The van der Waals surface area contributed by atoms with Gasteiger partial charge in [0.05, 0.1) is 41.8 Å². The predicted octanol–water partition coefficient (Wildman–Crippen LogP) is 10.9. The molecule has 2 aromatic heterocycles. The standard InChI is InChI=1S/C40H29F3N2O2/c1-24-12-13-25(44-36-10-6-4-8-29(36)31-17-15-27(46-2)22-38(31)44)20-33(24)34-21-26(14-19-35(34)40(41,42)43)45-37-11-7-5-9-30(37)32-18-16-28(47-3)23-39(32)45/h4-23H,1-3H3. The zero-order valence-electron chi connectivity index (χ0n) is 25.9. The minimum atomic E-state index is -4.57. The van der Waals surface area contributed by atoms with Gasteiger partial charge in [0.1, 0.15) is 11.5 Å². The van der Waals surface area contributed by atoms with Gasteiger partial charge in [-0.3, -0.25) is 0 Å². The summed E-state index contributed by atoms with van der Waals surface area (Å²) < 4.78 is 59.5. The van der Waals surface area contributed by atoms with Crippen LogP contribution < -0.4 is 9.47 Å². The van der Waals surface area contributed by atoms with Gasteiger partial charge >= 0.3 is 6.18 Å². The molecular weight excluding hydrogens is 597 g/mol. The Hall–Kier alpha value is -5.69. The molecule has 0 spiro atoms. The molecule has 0 saturated heterocycles. The molecule has 0 aliphatic carbocycles. The van der Waals surface area contributed by atoms with E-state index in [1.807, 2.05) is 109 Å². The van der Waals surface area contributed by atoms with Crippen molar-refractivity contribution in [1.82, 2.24) is 9.13 Å². The van der Waals surface area contributed by atoms with E-state index < -0.39 is 11.7 Å². The number of aryl methyl sites for hydroxylation is 1. The van der Waals surface area contributed by atoms with Crippen molar-refractivity contribution in [3.05, 3.63) is 132 Å². The second-order valence-corrected chi connectivity index (χ2v) is 11.7. The Morgan fingerprint density at radius 3 is 1.47 bits per heavy atom. The smallest absolute Gasteiger partial charge is 0.417 e. The first kappa shape index (κ1) is 28.8. The molecule has 232 valence electrons. The number of rotatable bonds is 5. The monoisotopic (exact) mass is 626 g/mol. The second-order valence-electron chi connectivity index (χ2n) is 11.7. The van der Waals surface area contributed by atoms with E-state index in [9.17, 15) is 13.2 Å². The van der Waals surface area contributed by atoms with Gasteiger partial charge in [0.2, 0.25) is 0 Å². The van der Waals surface area contributed by atoms with Gasteiger partial charge in [0.25, 0.3) is 0 Å². The number of aromatic nitrogens is 2. The lowest BCUT2D eigenvalue weighted by Gasteiger charge is -2.19. The highest BCUT2D eigenvalue weighted by atomic mass is 19.4. The van der Waals surface area contributed by atoms with Crippen molar-refractivity contribution in [1.29, 1.82) is 0 Å². The van der Waals surface area contributed by atoms with Crippen molar-refractivity contribution in [2.75, 3.05) is 14.2 Å². The summed E-state index contributed by atoms with van der Waals surface area (Å²) in [7, 11) is 3.23. The van der Waals surface area contributed by atoms with Gasteiger partial charge in [-0.1, -0.05) is 42.5 Å². The lowest BCUT2D eigenvalue weighted by Crippen LogP contribution is -2.09. The molecular formula is C40H29F3N2O2. The van der Waals surface area contributed by atoms with Crippen LogP contribution in [0, 0.1) is 6.92 Å². The Bertz CT molecular complexity index is 2500. The topological polar surface area (TPSA) is 28.3 Å². The van der Waals surface area contributed by atoms with E-state index in [0.29, 0.717) is 22.7 Å². The van der Waals surface area contributed by atoms with Crippen LogP contribution in [0.1, 0.15) is 11.1 Å². The molecule has 7 heteroatoms. The Labute approximate surface area is 268 Å². The molecule has 6 aromatic carbocycles. The molecule has 47 heavy (non-hydrogen) atoms. The number of fused-ring (bicyclic) bond motifs is 6. The van der Waals surface area contributed by atoms with Gasteiger partial charge in [-0.25, -0.2) is 0 Å². The molecule has 0 atom stereocenters. The summed E-state index contributed by atoms with van der Waals surface area (Å²) in [6, 6.07) is 37.8. The molecule has 0 radical (unpaired) electrons. The van der Waals surface area contributed by atoms with Gasteiger partial charge in [-0.15, -0.1) is 0 Å². The molecule has 8 rings (SSSR count). The van der Waals surface area contributed by atoms with E-state index >= 15 is 0 Å². The normalized spacial score (nSPS) is 12.0. The van der Waals surface area contributed by atoms with Crippen LogP contribution in [-0.2, 0) is 6.18 Å². The number of nitrogens with zero attached hydrogens (tertiary/aromatic N) is 2. The van der Waals surface area contributed by atoms with E-state index in [2.05, 4.69) is 10.6 Å². The zero-order chi connectivity index (χ0) is 32.4. The highest BCUT2D eigenvalue weighted by Crippen LogP contribution is 2.43. The fraction of sp³-hybridized carbons (Fsp3) is 0.100. The largest absolute Gasteiger partial charge is 0.497 e. The molecule has 4 nitrogen and oxygen atoms in total. The Morgan fingerprint density at radius 2 is 0.957 bits per heavy atom. The first-order valence-corrected chi connectivity index (χ1v) is 15.2. The summed E-state index contributed by atoms with van der Waals surface area (Å²) >= 11 is 0. The van der Waals surface area contributed by atoms with Gasteiger partial charge in [-0.05, 0) is 90.3 Å². The number of para-hydroxylation sites is 2. The average Bonchev–Trinajstić information content (AvgIpc) is 3.60. The van der Waals surface area contributed by atoms with Gasteiger partial charge in [-0.2, -0.15) is 13.2 Å². The summed E-state index contributed by atoms with van der Waals surface area (Å²) in [5.74, 6) is 1.36. The minimum Gasteiger partial charge on any atom is -0.497 e. The van der Waals surface area contributed by atoms with Crippen LogP contribution in [0.25, 0.3) is 66.1 Å². The van der Waals surface area contributed by atoms with Crippen LogP contribution in [0.2, 0.25) is 0 Å². The van der Waals surface area contributed by atoms with Crippen molar-refractivity contribution in [3.63, 3.8) is 0 Å². The van der Waals surface area contributed by atoms with Crippen LogP contribution in [0.4, 0.5) is 13.2 Å². The first-order chi connectivity index (χ1) is 22.8. The van der Waals surface area contributed by atoms with Crippen molar-refractivity contribution in [2.24, 2.45) is 0 Å². The third-order valence-corrected chi connectivity index (χ3v) is 9.10. The maximum Gasteiger partial charge on any atom is 0.417 e. The maximum absolute atomic E-state index is 14.8. The highest BCUT2D eigenvalue weighted by Gasteiger charge is 2.34. The van der Waals surface area contributed by atoms with Crippen molar-refractivity contribution < 1.29 is 22.6 Å². The van der Waals surface area contributed by atoms with Crippen molar-refractivity contribution >= 4 is 43.6 Å². The van der Waals surface area contributed by atoms with Crippen LogP contribution in [0.15, 0.2) is 121 Å². The fourth-order valence-corrected chi connectivity index (χ4v) is 6.89. The molecule has 0 N–H and O–H groups in total.